The van der Waals surface area contributed by atoms with Gasteiger partial charge in [0.2, 0.25) is 11.8 Å². The van der Waals surface area contributed by atoms with Crippen LogP contribution in [0, 0.1) is 0 Å². The Kier molecular flexibility index (Phi) is 4.41. The zero-order valence-corrected chi connectivity index (χ0v) is 13.5. The summed E-state index contributed by atoms with van der Waals surface area (Å²) in [6.07, 6.45) is 3.84. The molecule has 0 radical (unpaired) electrons. The van der Waals surface area contributed by atoms with Crippen LogP contribution < -0.4 is 5.32 Å². The van der Waals surface area contributed by atoms with Crippen molar-refractivity contribution in [3.05, 3.63) is 39.9 Å². The maximum Gasteiger partial charge on any atom is 0.245 e. The predicted octanol–water partition coefficient (Wildman–Crippen LogP) is 2.89. The van der Waals surface area contributed by atoms with Crippen molar-refractivity contribution in [1.82, 2.24) is 10.2 Å². The molecule has 2 heterocycles. The zero-order valence-electron chi connectivity index (χ0n) is 11.9. The van der Waals surface area contributed by atoms with Gasteiger partial charge in [0.25, 0.3) is 0 Å². The molecule has 1 N–H and O–H groups in total. The first-order valence-corrected chi connectivity index (χ1v) is 8.03. The van der Waals surface area contributed by atoms with Crippen LogP contribution in [0.15, 0.2) is 24.3 Å². The summed E-state index contributed by atoms with van der Waals surface area (Å²) in [5.41, 5.74) is 2.20. The van der Waals surface area contributed by atoms with Crippen molar-refractivity contribution in [2.24, 2.45) is 0 Å². The summed E-state index contributed by atoms with van der Waals surface area (Å²) in [6.45, 7) is 1.21. The van der Waals surface area contributed by atoms with E-state index < -0.39 is 0 Å². The van der Waals surface area contributed by atoms with Crippen molar-refractivity contribution in [2.45, 2.75) is 25.3 Å². The summed E-state index contributed by atoms with van der Waals surface area (Å²) in [6, 6.07) is 5.22. The molecule has 2 aliphatic rings. The molecule has 1 fully saturated rings. The van der Waals surface area contributed by atoms with E-state index in [1.54, 1.807) is 11.0 Å². The van der Waals surface area contributed by atoms with Crippen LogP contribution in [0.5, 0.6) is 0 Å². The Morgan fingerprint density at radius 2 is 2.05 bits per heavy atom. The Morgan fingerprint density at radius 1 is 1.23 bits per heavy atom. The van der Waals surface area contributed by atoms with Gasteiger partial charge in [-0.3, -0.25) is 9.59 Å². The van der Waals surface area contributed by atoms with Crippen molar-refractivity contribution >= 4 is 40.6 Å². The van der Waals surface area contributed by atoms with Crippen LogP contribution in [0.25, 0.3) is 5.57 Å². The molecular formula is C16H16Cl2N2O2. The molecule has 0 aromatic heterocycles. The van der Waals surface area contributed by atoms with E-state index in [1.165, 1.54) is 0 Å². The van der Waals surface area contributed by atoms with Crippen LogP contribution >= 0.6 is 23.2 Å². The van der Waals surface area contributed by atoms with Crippen LogP contribution in [-0.4, -0.2) is 35.8 Å². The molecule has 0 bridgehead atoms. The summed E-state index contributed by atoms with van der Waals surface area (Å²) in [7, 11) is 0. The molecule has 4 nitrogen and oxygen atoms in total. The van der Waals surface area contributed by atoms with E-state index in [-0.39, 0.29) is 17.9 Å². The molecule has 2 aliphatic heterocycles. The first kappa shape index (κ1) is 15.4. The fourth-order valence-corrected chi connectivity index (χ4v) is 3.15. The van der Waals surface area contributed by atoms with Crippen LogP contribution in [0.2, 0.25) is 10.0 Å². The molecular weight excluding hydrogens is 323 g/mol. The van der Waals surface area contributed by atoms with Crippen molar-refractivity contribution in [1.29, 1.82) is 0 Å². The van der Waals surface area contributed by atoms with Gasteiger partial charge < -0.3 is 10.2 Å². The second kappa shape index (κ2) is 6.31. The minimum atomic E-state index is -0.354. The molecule has 0 saturated carbocycles. The monoisotopic (exact) mass is 338 g/mol. The molecule has 1 aromatic carbocycles. The van der Waals surface area contributed by atoms with E-state index >= 15 is 0 Å². The van der Waals surface area contributed by atoms with Crippen LogP contribution in [0.4, 0.5) is 0 Å². The van der Waals surface area contributed by atoms with E-state index in [4.69, 9.17) is 23.2 Å². The smallest absolute Gasteiger partial charge is 0.245 e. The molecule has 0 spiro atoms. The molecule has 6 heteroatoms. The molecule has 1 aromatic rings. The van der Waals surface area contributed by atoms with Gasteiger partial charge >= 0.3 is 0 Å². The Labute approximate surface area is 139 Å². The third kappa shape index (κ3) is 3.13. The number of hydrogen-bond acceptors (Lipinski definition) is 2. The van der Waals surface area contributed by atoms with Gasteiger partial charge in [0, 0.05) is 19.5 Å². The zero-order chi connectivity index (χ0) is 15.7. The van der Waals surface area contributed by atoms with Gasteiger partial charge in [0.15, 0.2) is 0 Å². The molecule has 22 heavy (non-hydrogen) atoms. The van der Waals surface area contributed by atoms with E-state index in [0.29, 0.717) is 36.0 Å². The van der Waals surface area contributed by atoms with Crippen molar-refractivity contribution in [3.63, 3.8) is 0 Å². The summed E-state index contributed by atoms with van der Waals surface area (Å²) >= 11 is 12.0. The lowest BCUT2D eigenvalue weighted by molar-refractivity contribution is -0.134. The SMILES string of the molecule is O=C1CC[C@H](C(=O)N2CC=C(c3ccc(Cl)c(Cl)c3)CC2)N1. The Morgan fingerprint density at radius 3 is 2.64 bits per heavy atom. The normalized spacial score (nSPS) is 21.5. The van der Waals surface area contributed by atoms with Crippen molar-refractivity contribution < 1.29 is 9.59 Å². The first-order chi connectivity index (χ1) is 10.5. The summed E-state index contributed by atoms with van der Waals surface area (Å²) in [5, 5.41) is 3.80. The van der Waals surface area contributed by atoms with Crippen LogP contribution in [0.1, 0.15) is 24.8 Å². The highest BCUT2D eigenvalue weighted by Crippen LogP contribution is 2.29. The third-order valence-electron chi connectivity index (χ3n) is 4.10. The second-order valence-electron chi connectivity index (χ2n) is 5.55. The number of amides is 2. The molecule has 3 rings (SSSR count). The van der Waals surface area contributed by atoms with E-state index in [1.807, 2.05) is 18.2 Å². The molecule has 0 unspecified atom stereocenters. The number of rotatable bonds is 2. The number of nitrogens with one attached hydrogen (secondary N) is 1. The minimum Gasteiger partial charge on any atom is -0.344 e. The standard InChI is InChI=1S/C16H16Cl2N2O2/c17-12-2-1-11(9-13(12)18)10-5-7-20(8-6-10)16(22)14-3-4-15(21)19-14/h1-2,5,9,14H,3-4,6-8H2,(H,19,21)/t14-/m1/s1. The van der Waals surface area contributed by atoms with Gasteiger partial charge in [-0.1, -0.05) is 35.3 Å². The van der Waals surface area contributed by atoms with Crippen LogP contribution in [-0.2, 0) is 9.59 Å². The van der Waals surface area contributed by atoms with Gasteiger partial charge in [-0.25, -0.2) is 0 Å². The molecule has 1 saturated heterocycles. The van der Waals surface area contributed by atoms with Crippen molar-refractivity contribution in [2.75, 3.05) is 13.1 Å². The Bertz CT molecular complexity index is 658. The molecule has 116 valence electrons. The maximum atomic E-state index is 12.3. The minimum absolute atomic E-state index is 0.00953. The average Bonchev–Trinajstić information content (AvgIpc) is 2.96. The maximum absolute atomic E-state index is 12.3. The molecule has 2 amide bonds. The lowest BCUT2D eigenvalue weighted by atomic mass is 9.99. The fraction of sp³-hybridized carbons (Fsp3) is 0.375. The highest BCUT2D eigenvalue weighted by molar-refractivity contribution is 6.42. The average molecular weight is 339 g/mol. The fourth-order valence-electron chi connectivity index (χ4n) is 2.85. The molecule has 1 atom stereocenters. The largest absolute Gasteiger partial charge is 0.344 e. The number of hydrogen-bond donors (Lipinski definition) is 1. The molecule has 0 aliphatic carbocycles. The lowest BCUT2D eigenvalue weighted by Crippen LogP contribution is -2.45. The predicted molar refractivity (Wildman–Crippen MR) is 86.8 cm³/mol. The van der Waals surface area contributed by atoms with Crippen molar-refractivity contribution in [3.8, 4) is 0 Å². The summed E-state index contributed by atoms with van der Waals surface area (Å²) in [5.74, 6) is -0.0299. The van der Waals surface area contributed by atoms with Gasteiger partial charge in [0.05, 0.1) is 10.0 Å². The Hall–Kier alpha value is -1.52. The topological polar surface area (TPSA) is 49.4 Å². The quantitative estimate of drug-likeness (QED) is 0.901. The number of carbonyl (C=O) groups is 2. The van der Waals surface area contributed by atoms with Gasteiger partial charge in [-0.2, -0.15) is 0 Å². The number of carbonyl (C=O) groups excluding carboxylic acids is 2. The number of benzene rings is 1. The van der Waals surface area contributed by atoms with E-state index in [2.05, 4.69) is 5.32 Å². The lowest BCUT2D eigenvalue weighted by Gasteiger charge is -2.29. The van der Waals surface area contributed by atoms with Gasteiger partial charge in [-0.15, -0.1) is 0 Å². The van der Waals surface area contributed by atoms with Gasteiger partial charge in [0.1, 0.15) is 6.04 Å². The number of halogens is 2. The second-order valence-corrected chi connectivity index (χ2v) is 6.37. The highest BCUT2D eigenvalue weighted by atomic mass is 35.5. The van der Waals surface area contributed by atoms with Gasteiger partial charge in [-0.05, 0) is 36.1 Å². The number of nitrogens with zero attached hydrogens (tertiary/aromatic N) is 1. The van der Waals surface area contributed by atoms with E-state index in [9.17, 15) is 9.59 Å². The summed E-state index contributed by atoms with van der Waals surface area (Å²) < 4.78 is 0. The summed E-state index contributed by atoms with van der Waals surface area (Å²) in [4.78, 5) is 25.3. The van der Waals surface area contributed by atoms with E-state index in [0.717, 1.165) is 17.6 Å². The first-order valence-electron chi connectivity index (χ1n) is 7.27. The van der Waals surface area contributed by atoms with Crippen LogP contribution in [0.3, 0.4) is 0 Å². The highest BCUT2D eigenvalue weighted by Gasteiger charge is 2.31. The third-order valence-corrected chi connectivity index (χ3v) is 4.84. The Balaban J connectivity index is 1.67.